The second-order valence-corrected chi connectivity index (χ2v) is 4.20. The van der Waals surface area contributed by atoms with Gasteiger partial charge in [0.2, 0.25) is 0 Å². The second-order valence-electron chi connectivity index (χ2n) is 3.79. The SMILES string of the molecule is CN(Cc1c(Cl)cnn1C)C1CNC1.Cl. The van der Waals surface area contributed by atoms with Gasteiger partial charge in [0.05, 0.1) is 16.9 Å². The van der Waals surface area contributed by atoms with Gasteiger partial charge >= 0.3 is 0 Å². The monoisotopic (exact) mass is 250 g/mol. The van der Waals surface area contributed by atoms with E-state index >= 15 is 0 Å². The normalized spacial score (nSPS) is 16.3. The van der Waals surface area contributed by atoms with Gasteiger partial charge in [-0.3, -0.25) is 9.58 Å². The van der Waals surface area contributed by atoms with Crippen molar-refractivity contribution < 1.29 is 0 Å². The van der Waals surface area contributed by atoms with Crippen LogP contribution in [0, 0.1) is 0 Å². The third-order valence-corrected chi connectivity index (χ3v) is 3.11. The van der Waals surface area contributed by atoms with Crippen molar-refractivity contribution >= 4 is 24.0 Å². The van der Waals surface area contributed by atoms with Crippen molar-refractivity contribution in [2.45, 2.75) is 12.6 Å². The minimum absolute atomic E-state index is 0. The van der Waals surface area contributed by atoms with E-state index in [1.54, 1.807) is 6.20 Å². The van der Waals surface area contributed by atoms with E-state index in [0.717, 1.165) is 30.4 Å². The summed E-state index contributed by atoms with van der Waals surface area (Å²) in [5.74, 6) is 0. The topological polar surface area (TPSA) is 33.1 Å². The van der Waals surface area contributed by atoms with Crippen LogP contribution in [0.5, 0.6) is 0 Å². The molecule has 0 aliphatic carbocycles. The fourth-order valence-corrected chi connectivity index (χ4v) is 1.79. The van der Waals surface area contributed by atoms with Crippen molar-refractivity contribution in [2.75, 3.05) is 20.1 Å². The summed E-state index contributed by atoms with van der Waals surface area (Å²) in [7, 11) is 4.04. The summed E-state index contributed by atoms with van der Waals surface area (Å²) in [6.45, 7) is 3.01. The van der Waals surface area contributed by atoms with Gasteiger partial charge in [0.15, 0.2) is 0 Å². The van der Waals surface area contributed by atoms with Gasteiger partial charge in [-0.1, -0.05) is 11.6 Å². The second kappa shape index (κ2) is 5.16. The zero-order valence-electron chi connectivity index (χ0n) is 8.90. The summed E-state index contributed by atoms with van der Waals surface area (Å²) in [5.41, 5.74) is 1.08. The smallest absolute Gasteiger partial charge is 0.0831 e. The third-order valence-electron chi connectivity index (χ3n) is 2.79. The summed E-state index contributed by atoms with van der Waals surface area (Å²) < 4.78 is 1.84. The average Bonchev–Trinajstić information content (AvgIpc) is 2.32. The van der Waals surface area contributed by atoms with E-state index in [0.29, 0.717) is 6.04 Å². The lowest BCUT2D eigenvalue weighted by Crippen LogP contribution is -2.55. The Balaban J connectivity index is 0.00000112. The van der Waals surface area contributed by atoms with Gasteiger partial charge in [-0.15, -0.1) is 12.4 Å². The molecule has 4 nitrogen and oxygen atoms in total. The number of likely N-dealkylation sites (N-methyl/N-ethyl adjacent to an activating group) is 1. The molecule has 2 heterocycles. The molecular formula is C9H16Cl2N4. The number of nitrogens with one attached hydrogen (secondary N) is 1. The van der Waals surface area contributed by atoms with E-state index in [2.05, 4.69) is 22.4 Å². The fraction of sp³-hybridized carbons (Fsp3) is 0.667. The van der Waals surface area contributed by atoms with Crippen molar-refractivity contribution in [3.05, 3.63) is 16.9 Å². The Morgan fingerprint density at radius 1 is 1.67 bits per heavy atom. The van der Waals surface area contributed by atoms with E-state index in [1.807, 2.05) is 11.7 Å². The zero-order valence-corrected chi connectivity index (χ0v) is 10.5. The van der Waals surface area contributed by atoms with E-state index < -0.39 is 0 Å². The van der Waals surface area contributed by atoms with Crippen LogP contribution in [0.25, 0.3) is 0 Å². The minimum atomic E-state index is 0. The van der Waals surface area contributed by atoms with Crippen molar-refractivity contribution in [3.63, 3.8) is 0 Å². The van der Waals surface area contributed by atoms with E-state index in [9.17, 15) is 0 Å². The number of aromatic nitrogens is 2. The maximum Gasteiger partial charge on any atom is 0.0831 e. The molecule has 2 rings (SSSR count). The molecule has 0 bridgehead atoms. The van der Waals surface area contributed by atoms with Crippen LogP contribution in [0.3, 0.4) is 0 Å². The highest BCUT2D eigenvalue weighted by Crippen LogP contribution is 2.17. The molecule has 1 aromatic rings. The predicted octanol–water partition coefficient (Wildman–Crippen LogP) is 0.899. The first-order chi connectivity index (χ1) is 6.68. The lowest BCUT2D eigenvalue weighted by molar-refractivity contribution is 0.169. The first-order valence-corrected chi connectivity index (χ1v) is 5.13. The maximum absolute atomic E-state index is 6.03. The standard InChI is InChI=1S/C9H15ClN4.ClH/c1-13(7-3-11-4-7)6-9-8(10)5-12-14(9)2;/h5,7,11H,3-4,6H2,1-2H3;1H. The van der Waals surface area contributed by atoms with Crippen LogP contribution >= 0.6 is 24.0 Å². The maximum atomic E-state index is 6.03. The molecule has 15 heavy (non-hydrogen) atoms. The van der Waals surface area contributed by atoms with Crippen molar-refractivity contribution in [2.24, 2.45) is 7.05 Å². The number of halogens is 2. The fourth-order valence-electron chi connectivity index (χ4n) is 1.56. The van der Waals surface area contributed by atoms with Crippen LogP contribution in [-0.2, 0) is 13.6 Å². The van der Waals surface area contributed by atoms with E-state index in [1.165, 1.54) is 0 Å². The molecule has 86 valence electrons. The molecule has 1 aliphatic rings. The molecule has 1 aliphatic heterocycles. The Labute approximate surface area is 101 Å². The van der Waals surface area contributed by atoms with Crippen LogP contribution < -0.4 is 5.32 Å². The molecule has 0 amide bonds. The molecule has 1 N–H and O–H groups in total. The lowest BCUT2D eigenvalue weighted by atomic mass is 10.1. The van der Waals surface area contributed by atoms with E-state index in [-0.39, 0.29) is 12.4 Å². The van der Waals surface area contributed by atoms with Gasteiger partial charge in [-0.05, 0) is 7.05 Å². The highest BCUT2D eigenvalue weighted by molar-refractivity contribution is 6.31. The summed E-state index contributed by atoms with van der Waals surface area (Å²) >= 11 is 6.03. The third kappa shape index (κ3) is 2.64. The first kappa shape index (κ1) is 12.8. The summed E-state index contributed by atoms with van der Waals surface area (Å²) in [6, 6.07) is 0.640. The minimum Gasteiger partial charge on any atom is -0.314 e. The number of aryl methyl sites for hydroxylation is 1. The molecule has 0 spiro atoms. The lowest BCUT2D eigenvalue weighted by Gasteiger charge is -2.35. The van der Waals surface area contributed by atoms with Gasteiger partial charge in [-0.2, -0.15) is 5.10 Å². The highest BCUT2D eigenvalue weighted by atomic mass is 35.5. The van der Waals surface area contributed by atoms with Crippen LogP contribution in [0.1, 0.15) is 5.69 Å². The molecule has 0 saturated carbocycles. The Hall–Kier alpha value is -0.290. The average molecular weight is 251 g/mol. The predicted molar refractivity (Wildman–Crippen MR) is 63.6 cm³/mol. The Morgan fingerprint density at radius 3 is 2.73 bits per heavy atom. The number of rotatable bonds is 3. The molecule has 0 atom stereocenters. The number of hydrogen-bond acceptors (Lipinski definition) is 3. The highest BCUT2D eigenvalue weighted by Gasteiger charge is 2.22. The quantitative estimate of drug-likeness (QED) is 0.866. The summed E-state index contributed by atoms with van der Waals surface area (Å²) in [5, 5.41) is 8.12. The van der Waals surface area contributed by atoms with E-state index in [4.69, 9.17) is 11.6 Å². The largest absolute Gasteiger partial charge is 0.314 e. The number of hydrogen-bond donors (Lipinski definition) is 1. The zero-order chi connectivity index (χ0) is 10.1. The van der Waals surface area contributed by atoms with Crippen LogP contribution in [0.2, 0.25) is 5.02 Å². The molecule has 1 fully saturated rings. The first-order valence-electron chi connectivity index (χ1n) is 4.76. The van der Waals surface area contributed by atoms with Crippen molar-refractivity contribution in [1.82, 2.24) is 20.0 Å². The molecule has 6 heteroatoms. The van der Waals surface area contributed by atoms with Crippen molar-refractivity contribution in [1.29, 1.82) is 0 Å². The van der Waals surface area contributed by atoms with Gasteiger partial charge in [0.25, 0.3) is 0 Å². The van der Waals surface area contributed by atoms with Gasteiger partial charge in [0.1, 0.15) is 0 Å². The van der Waals surface area contributed by atoms with Crippen LogP contribution in [-0.4, -0.2) is 40.9 Å². The molecule has 1 saturated heterocycles. The van der Waals surface area contributed by atoms with Crippen LogP contribution in [0.4, 0.5) is 0 Å². The molecule has 0 unspecified atom stereocenters. The van der Waals surface area contributed by atoms with Crippen molar-refractivity contribution in [3.8, 4) is 0 Å². The molecule has 0 radical (unpaired) electrons. The Bertz CT molecular complexity index is 302. The van der Waals surface area contributed by atoms with Crippen LogP contribution in [0.15, 0.2) is 6.20 Å². The molecular weight excluding hydrogens is 235 g/mol. The molecule has 1 aromatic heterocycles. The summed E-state index contributed by atoms with van der Waals surface area (Å²) in [4.78, 5) is 2.30. The van der Waals surface area contributed by atoms with Gasteiger partial charge in [-0.25, -0.2) is 0 Å². The van der Waals surface area contributed by atoms with Gasteiger partial charge < -0.3 is 5.32 Å². The Morgan fingerprint density at radius 2 is 2.33 bits per heavy atom. The molecule has 0 aromatic carbocycles. The van der Waals surface area contributed by atoms with Gasteiger partial charge in [0, 0.05) is 32.7 Å². The Kier molecular flexibility index (Phi) is 4.40. The summed E-state index contributed by atoms with van der Waals surface area (Å²) in [6.07, 6.45) is 1.70. The number of nitrogens with zero attached hydrogens (tertiary/aromatic N) is 3.